The summed E-state index contributed by atoms with van der Waals surface area (Å²) in [6.45, 7) is 1.78. The third kappa shape index (κ3) is 4.04. The number of hydrogen-bond donors (Lipinski definition) is 0. The first-order valence-corrected chi connectivity index (χ1v) is 8.46. The zero-order chi connectivity index (χ0) is 15.5. The Kier molecular flexibility index (Phi) is 4.68. The summed E-state index contributed by atoms with van der Waals surface area (Å²) in [7, 11) is -2.31. The molecule has 1 aromatic carbocycles. The molecular weight excluding hydrogens is 292 g/mol. The first-order chi connectivity index (χ1) is 9.85. The van der Waals surface area contributed by atoms with Crippen LogP contribution < -0.4 is 0 Å². The maximum Gasteiger partial charge on any atom is 0.311 e. The molecule has 0 N–H and O–H groups in total. The summed E-state index contributed by atoms with van der Waals surface area (Å²) in [5, 5.41) is 0. The van der Waals surface area contributed by atoms with Crippen molar-refractivity contribution < 1.29 is 22.1 Å². The van der Waals surface area contributed by atoms with E-state index in [4.69, 9.17) is 8.92 Å². The Morgan fingerprint density at radius 1 is 1.33 bits per heavy atom. The van der Waals surface area contributed by atoms with E-state index in [0.29, 0.717) is 24.8 Å². The van der Waals surface area contributed by atoms with Crippen molar-refractivity contribution in [2.75, 3.05) is 7.11 Å². The van der Waals surface area contributed by atoms with E-state index in [2.05, 4.69) is 0 Å². The van der Waals surface area contributed by atoms with Gasteiger partial charge in [-0.25, -0.2) is 0 Å². The molecule has 5 nitrogen and oxygen atoms in total. The highest BCUT2D eigenvalue weighted by molar-refractivity contribution is 7.85. The number of ether oxygens (including phenoxy) is 1. The lowest BCUT2D eigenvalue weighted by Gasteiger charge is -2.20. The van der Waals surface area contributed by atoms with Crippen LogP contribution in [0.25, 0.3) is 0 Å². The van der Waals surface area contributed by atoms with E-state index < -0.39 is 21.6 Å². The molecule has 0 radical (unpaired) electrons. The standard InChI is InChI=1S/C15H20O5S/c1-15(14(16)19-2)9-8-13(10-15)20-21(17,18)11-12-6-4-3-5-7-12/h3-7,13H,8-11H2,1-2H3. The van der Waals surface area contributed by atoms with Gasteiger partial charge in [0, 0.05) is 0 Å². The molecule has 21 heavy (non-hydrogen) atoms. The predicted octanol–water partition coefficient (Wildman–Crippen LogP) is 2.26. The average Bonchev–Trinajstić information content (AvgIpc) is 2.80. The Hall–Kier alpha value is -1.40. The Morgan fingerprint density at radius 2 is 2.00 bits per heavy atom. The molecule has 0 heterocycles. The van der Waals surface area contributed by atoms with Crippen LogP contribution in [0.5, 0.6) is 0 Å². The first kappa shape index (κ1) is 16.0. The van der Waals surface area contributed by atoms with Crippen molar-refractivity contribution >= 4 is 16.1 Å². The minimum atomic E-state index is -3.65. The lowest BCUT2D eigenvalue weighted by atomic mass is 9.89. The first-order valence-electron chi connectivity index (χ1n) is 6.88. The second kappa shape index (κ2) is 6.15. The van der Waals surface area contributed by atoms with E-state index in [1.54, 1.807) is 31.2 Å². The van der Waals surface area contributed by atoms with Gasteiger partial charge in [-0.1, -0.05) is 30.3 Å². The molecule has 0 amide bonds. The van der Waals surface area contributed by atoms with Crippen LogP contribution in [0.3, 0.4) is 0 Å². The molecule has 2 rings (SSSR count). The van der Waals surface area contributed by atoms with Gasteiger partial charge in [-0.2, -0.15) is 8.42 Å². The number of esters is 1. The SMILES string of the molecule is COC(=O)C1(C)CCC(OS(=O)(=O)Cc2ccccc2)C1. The Morgan fingerprint density at radius 3 is 2.62 bits per heavy atom. The maximum absolute atomic E-state index is 12.1. The highest BCUT2D eigenvalue weighted by Gasteiger charge is 2.44. The molecule has 0 saturated heterocycles. The summed E-state index contributed by atoms with van der Waals surface area (Å²) in [4.78, 5) is 11.7. The molecule has 116 valence electrons. The number of rotatable bonds is 5. The second-order valence-electron chi connectivity index (χ2n) is 5.70. The topological polar surface area (TPSA) is 69.7 Å². The molecule has 0 aromatic heterocycles. The number of benzene rings is 1. The largest absolute Gasteiger partial charge is 0.469 e. The number of carbonyl (C=O) groups excluding carboxylic acids is 1. The fourth-order valence-electron chi connectivity index (χ4n) is 2.72. The molecule has 1 saturated carbocycles. The van der Waals surface area contributed by atoms with Crippen LogP contribution in [0.15, 0.2) is 30.3 Å². The molecule has 6 heteroatoms. The van der Waals surface area contributed by atoms with Crippen LogP contribution in [0.4, 0.5) is 0 Å². The van der Waals surface area contributed by atoms with Gasteiger partial charge in [0.2, 0.25) is 0 Å². The van der Waals surface area contributed by atoms with Gasteiger partial charge in [0.1, 0.15) is 5.75 Å². The lowest BCUT2D eigenvalue weighted by Crippen LogP contribution is -2.27. The second-order valence-corrected chi connectivity index (χ2v) is 7.30. The molecule has 1 fully saturated rings. The molecular formula is C15H20O5S. The zero-order valence-corrected chi connectivity index (χ0v) is 13.1. The Balaban J connectivity index is 1.98. The fraction of sp³-hybridized carbons (Fsp3) is 0.533. The minimum absolute atomic E-state index is 0.153. The van der Waals surface area contributed by atoms with Gasteiger partial charge in [0.05, 0.1) is 18.6 Å². The molecule has 2 unspecified atom stereocenters. The third-order valence-corrected chi connectivity index (χ3v) is 5.10. The molecule has 1 aliphatic carbocycles. The van der Waals surface area contributed by atoms with Gasteiger partial charge in [-0.05, 0) is 31.7 Å². The van der Waals surface area contributed by atoms with Crippen LogP contribution in [0.1, 0.15) is 31.7 Å². The van der Waals surface area contributed by atoms with Gasteiger partial charge in [0.25, 0.3) is 10.1 Å². The van der Waals surface area contributed by atoms with Crippen molar-refractivity contribution in [3.05, 3.63) is 35.9 Å². The fourth-order valence-corrected chi connectivity index (χ4v) is 3.97. The molecule has 1 aliphatic rings. The van der Waals surface area contributed by atoms with E-state index in [0.717, 1.165) is 0 Å². The number of carbonyl (C=O) groups is 1. The van der Waals surface area contributed by atoms with Gasteiger partial charge >= 0.3 is 5.97 Å². The molecule has 2 atom stereocenters. The monoisotopic (exact) mass is 312 g/mol. The van der Waals surface area contributed by atoms with E-state index in [-0.39, 0.29) is 11.7 Å². The van der Waals surface area contributed by atoms with Crippen LogP contribution in [0.2, 0.25) is 0 Å². The zero-order valence-electron chi connectivity index (χ0n) is 12.2. The quantitative estimate of drug-likeness (QED) is 0.616. The summed E-state index contributed by atoms with van der Waals surface area (Å²) in [6, 6.07) is 8.89. The van der Waals surface area contributed by atoms with Gasteiger partial charge in [-0.15, -0.1) is 0 Å². The summed E-state index contributed by atoms with van der Waals surface area (Å²) >= 11 is 0. The lowest BCUT2D eigenvalue weighted by molar-refractivity contribution is -0.151. The van der Waals surface area contributed by atoms with E-state index in [1.165, 1.54) is 7.11 Å². The van der Waals surface area contributed by atoms with Crippen LogP contribution in [-0.4, -0.2) is 27.6 Å². The van der Waals surface area contributed by atoms with Crippen LogP contribution in [0, 0.1) is 5.41 Å². The van der Waals surface area contributed by atoms with Crippen molar-refractivity contribution in [2.45, 2.75) is 38.0 Å². The highest BCUT2D eigenvalue weighted by atomic mass is 32.2. The third-order valence-electron chi connectivity index (χ3n) is 3.84. The summed E-state index contributed by atoms with van der Waals surface area (Å²) < 4.78 is 34.2. The summed E-state index contributed by atoms with van der Waals surface area (Å²) in [5.74, 6) is -0.465. The van der Waals surface area contributed by atoms with Crippen LogP contribution >= 0.6 is 0 Å². The average molecular weight is 312 g/mol. The maximum atomic E-state index is 12.1. The van der Waals surface area contributed by atoms with Gasteiger partial charge < -0.3 is 4.74 Å². The van der Waals surface area contributed by atoms with Gasteiger partial charge in [-0.3, -0.25) is 8.98 Å². The van der Waals surface area contributed by atoms with Crippen molar-refractivity contribution in [1.29, 1.82) is 0 Å². The highest BCUT2D eigenvalue weighted by Crippen LogP contribution is 2.40. The smallest absolute Gasteiger partial charge is 0.311 e. The predicted molar refractivity (Wildman–Crippen MR) is 77.9 cm³/mol. The summed E-state index contributed by atoms with van der Waals surface area (Å²) in [6.07, 6.45) is 1.03. The normalized spacial score (nSPS) is 25.7. The van der Waals surface area contributed by atoms with Crippen molar-refractivity contribution in [1.82, 2.24) is 0 Å². The number of hydrogen-bond acceptors (Lipinski definition) is 5. The molecule has 0 bridgehead atoms. The van der Waals surface area contributed by atoms with Crippen LogP contribution in [-0.2, 0) is 29.6 Å². The Labute approximate surface area is 125 Å². The van der Waals surface area contributed by atoms with E-state index >= 15 is 0 Å². The summed E-state index contributed by atoms with van der Waals surface area (Å²) in [5.41, 5.74) is 0.0352. The molecule has 1 aromatic rings. The minimum Gasteiger partial charge on any atom is -0.469 e. The van der Waals surface area contributed by atoms with Crippen molar-refractivity contribution in [3.8, 4) is 0 Å². The van der Waals surface area contributed by atoms with E-state index in [1.807, 2.05) is 6.07 Å². The van der Waals surface area contributed by atoms with Gasteiger partial charge in [0.15, 0.2) is 0 Å². The van der Waals surface area contributed by atoms with Crippen molar-refractivity contribution in [3.63, 3.8) is 0 Å². The molecule has 0 aliphatic heterocycles. The molecule has 0 spiro atoms. The van der Waals surface area contributed by atoms with E-state index in [9.17, 15) is 13.2 Å². The van der Waals surface area contributed by atoms with Crippen molar-refractivity contribution in [2.24, 2.45) is 5.41 Å². The Bertz CT molecular complexity index is 596. The number of methoxy groups -OCH3 is 1.